The molecule has 4 aromatic rings. The second-order valence-corrected chi connectivity index (χ2v) is 11.1. The van der Waals surface area contributed by atoms with Gasteiger partial charge in [-0.15, -0.1) is 0 Å². The lowest BCUT2D eigenvalue weighted by molar-refractivity contribution is 0.0746. The largest absolute Gasteiger partial charge is 0.352 e. The van der Waals surface area contributed by atoms with Crippen molar-refractivity contribution in [2.45, 2.75) is 45.4 Å². The Kier molecular flexibility index (Phi) is 7.21. The summed E-state index contributed by atoms with van der Waals surface area (Å²) >= 11 is 6.12. The zero-order valence-corrected chi connectivity index (χ0v) is 22.9. The molecule has 1 aliphatic heterocycles. The predicted molar refractivity (Wildman–Crippen MR) is 151 cm³/mol. The Morgan fingerprint density at radius 3 is 2.46 bits per heavy atom. The highest BCUT2D eigenvalue weighted by Gasteiger charge is 2.28. The van der Waals surface area contributed by atoms with E-state index in [-0.39, 0.29) is 11.7 Å². The highest BCUT2D eigenvalue weighted by atomic mass is 35.5. The van der Waals surface area contributed by atoms with E-state index >= 15 is 0 Å². The average Bonchev–Trinajstić information content (AvgIpc) is 3.29. The molecule has 2 aromatic carbocycles. The Bertz CT molecular complexity index is 1490. The molecule has 9 heteroatoms. The molecule has 0 unspecified atom stereocenters. The number of piperazine rings is 1. The van der Waals surface area contributed by atoms with E-state index in [0.717, 1.165) is 40.5 Å². The Hall–Kier alpha value is -3.52. The van der Waals surface area contributed by atoms with Gasteiger partial charge >= 0.3 is 0 Å². The SMILES string of the molecule is Cc1nn(-c2ccc(F)cc2)c2nc(CC3CCCCC3)nc(N3CCN(C(=O)c4cccc(Cl)c4)CC3)c12. The van der Waals surface area contributed by atoms with E-state index in [9.17, 15) is 9.18 Å². The van der Waals surface area contributed by atoms with Gasteiger partial charge in [0.1, 0.15) is 17.5 Å². The van der Waals surface area contributed by atoms with Crippen LogP contribution in [-0.4, -0.2) is 56.7 Å². The van der Waals surface area contributed by atoms with Crippen LogP contribution in [0.5, 0.6) is 0 Å². The van der Waals surface area contributed by atoms with Crippen LogP contribution in [0.25, 0.3) is 16.7 Å². The maximum absolute atomic E-state index is 13.7. The summed E-state index contributed by atoms with van der Waals surface area (Å²) in [6.07, 6.45) is 7.07. The molecule has 0 atom stereocenters. The van der Waals surface area contributed by atoms with Crippen molar-refractivity contribution in [1.29, 1.82) is 0 Å². The first-order valence-electron chi connectivity index (χ1n) is 13.8. The molecular weight excluding hydrogens is 515 g/mol. The minimum atomic E-state index is -0.287. The van der Waals surface area contributed by atoms with Crippen LogP contribution in [0.1, 0.15) is 54.0 Å². The van der Waals surface area contributed by atoms with Crippen LogP contribution in [0.4, 0.5) is 10.2 Å². The highest BCUT2D eigenvalue weighted by molar-refractivity contribution is 6.30. The summed E-state index contributed by atoms with van der Waals surface area (Å²) in [5, 5.41) is 6.27. The third-order valence-electron chi connectivity index (χ3n) is 7.93. The number of hydrogen-bond acceptors (Lipinski definition) is 5. The molecule has 2 aliphatic rings. The summed E-state index contributed by atoms with van der Waals surface area (Å²) in [6, 6.07) is 13.4. The van der Waals surface area contributed by atoms with Gasteiger partial charge in [-0.3, -0.25) is 4.79 Å². The molecule has 0 bridgehead atoms. The Balaban J connectivity index is 1.33. The first-order chi connectivity index (χ1) is 19.0. The van der Waals surface area contributed by atoms with Crippen molar-refractivity contribution in [3.63, 3.8) is 0 Å². The van der Waals surface area contributed by atoms with Gasteiger partial charge in [0.15, 0.2) is 5.65 Å². The van der Waals surface area contributed by atoms with E-state index in [1.807, 2.05) is 11.8 Å². The van der Waals surface area contributed by atoms with Crippen LogP contribution < -0.4 is 4.90 Å². The predicted octanol–water partition coefficient (Wildman–Crippen LogP) is 6.00. The molecule has 6 rings (SSSR count). The summed E-state index contributed by atoms with van der Waals surface area (Å²) in [4.78, 5) is 27.4. The van der Waals surface area contributed by atoms with Crippen molar-refractivity contribution < 1.29 is 9.18 Å². The van der Waals surface area contributed by atoms with Crippen LogP contribution in [0.15, 0.2) is 48.5 Å². The van der Waals surface area contributed by atoms with E-state index < -0.39 is 0 Å². The number of anilines is 1. The lowest BCUT2D eigenvalue weighted by Crippen LogP contribution is -2.49. The average molecular weight is 547 g/mol. The van der Waals surface area contributed by atoms with Crippen molar-refractivity contribution >= 4 is 34.4 Å². The molecule has 2 fully saturated rings. The van der Waals surface area contributed by atoms with Crippen molar-refractivity contribution in [3.8, 4) is 5.69 Å². The smallest absolute Gasteiger partial charge is 0.254 e. The van der Waals surface area contributed by atoms with Crippen LogP contribution >= 0.6 is 11.6 Å². The lowest BCUT2D eigenvalue weighted by Gasteiger charge is -2.36. The number of nitrogens with zero attached hydrogens (tertiary/aromatic N) is 6. The van der Waals surface area contributed by atoms with Gasteiger partial charge < -0.3 is 9.80 Å². The van der Waals surface area contributed by atoms with Gasteiger partial charge in [-0.05, 0) is 55.3 Å². The molecule has 1 amide bonds. The standard InChI is InChI=1S/C30H32ClFN6O/c1-20-27-28(36-14-16-37(17-15-36)30(39)22-8-5-9-23(31)19-22)33-26(18-21-6-3-2-4-7-21)34-29(27)38(35-20)25-12-10-24(32)11-13-25/h5,8-13,19,21H,2-4,6-7,14-18H2,1H3. The number of aryl methyl sites for hydroxylation is 1. The third-order valence-corrected chi connectivity index (χ3v) is 8.17. The molecule has 7 nitrogen and oxygen atoms in total. The fourth-order valence-corrected chi connectivity index (χ4v) is 6.05. The summed E-state index contributed by atoms with van der Waals surface area (Å²) in [7, 11) is 0. The van der Waals surface area contributed by atoms with Crippen molar-refractivity contribution in [1.82, 2.24) is 24.6 Å². The van der Waals surface area contributed by atoms with Gasteiger partial charge in [0.2, 0.25) is 0 Å². The lowest BCUT2D eigenvalue weighted by atomic mass is 9.87. The molecule has 0 spiro atoms. The molecule has 1 saturated carbocycles. The Morgan fingerprint density at radius 1 is 1.00 bits per heavy atom. The normalized spacial score (nSPS) is 16.7. The van der Waals surface area contributed by atoms with Gasteiger partial charge in [-0.1, -0.05) is 49.8 Å². The number of carbonyl (C=O) groups is 1. The molecule has 1 aliphatic carbocycles. The fourth-order valence-electron chi connectivity index (χ4n) is 5.86. The second-order valence-electron chi connectivity index (χ2n) is 10.6. The van der Waals surface area contributed by atoms with E-state index in [1.165, 1.54) is 44.2 Å². The molecule has 3 heterocycles. The van der Waals surface area contributed by atoms with Crippen molar-refractivity contribution in [3.05, 3.63) is 76.5 Å². The molecule has 39 heavy (non-hydrogen) atoms. The number of hydrogen-bond donors (Lipinski definition) is 0. The quantitative estimate of drug-likeness (QED) is 0.307. The molecule has 0 N–H and O–H groups in total. The summed E-state index contributed by atoms with van der Waals surface area (Å²) in [6.45, 7) is 4.44. The number of aromatic nitrogens is 4. The number of fused-ring (bicyclic) bond motifs is 1. The fraction of sp³-hybridized carbons (Fsp3) is 0.400. The zero-order chi connectivity index (χ0) is 26.9. The maximum atomic E-state index is 13.7. The monoisotopic (exact) mass is 546 g/mol. The summed E-state index contributed by atoms with van der Waals surface area (Å²) in [5.74, 6) is 1.98. The number of rotatable bonds is 5. The van der Waals surface area contributed by atoms with Crippen molar-refractivity contribution in [2.24, 2.45) is 5.92 Å². The van der Waals surface area contributed by atoms with Gasteiger partial charge in [0, 0.05) is 43.2 Å². The number of benzene rings is 2. The van der Waals surface area contributed by atoms with E-state index in [0.29, 0.717) is 42.7 Å². The summed E-state index contributed by atoms with van der Waals surface area (Å²) < 4.78 is 15.5. The van der Waals surface area contributed by atoms with Crippen LogP contribution in [0.3, 0.4) is 0 Å². The number of halogens is 2. The highest BCUT2D eigenvalue weighted by Crippen LogP contribution is 2.32. The molecule has 1 saturated heterocycles. The van der Waals surface area contributed by atoms with Crippen molar-refractivity contribution in [2.75, 3.05) is 31.1 Å². The van der Waals surface area contributed by atoms with Crippen LogP contribution in [-0.2, 0) is 6.42 Å². The Labute approximate surface area is 232 Å². The molecule has 202 valence electrons. The van der Waals surface area contributed by atoms with E-state index in [1.54, 1.807) is 41.1 Å². The van der Waals surface area contributed by atoms with E-state index in [2.05, 4.69) is 4.90 Å². The minimum Gasteiger partial charge on any atom is -0.352 e. The molecule has 0 radical (unpaired) electrons. The topological polar surface area (TPSA) is 67.2 Å². The maximum Gasteiger partial charge on any atom is 0.254 e. The van der Waals surface area contributed by atoms with Gasteiger partial charge in [-0.2, -0.15) is 5.10 Å². The van der Waals surface area contributed by atoms with E-state index in [4.69, 9.17) is 26.7 Å². The second kappa shape index (κ2) is 10.9. The number of amides is 1. The van der Waals surface area contributed by atoms with Gasteiger partial charge in [-0.25, -0.2) is 19.0 Å². The third kappa shape index (κ3) is 5.35. The van der Waals surface area contributed by atoms with Gasteiger partial charge in [0.05, 0.1) is 16.8 Å². The zero-order valence-electron chi connectivity index (χ0n) is 22.1. The van der Waals surface area contributed by atoms with Crippen LogP contribution in [0, 0.1) is 18.7 Å². The number of carbonyl (C=O) groups excluding carboxylic acids is 1. The Morgan fingerprint density at radius 2 is 1.74 bits per heavy atom. The minimum absolute atomic E-state index is 0.0109. The van der Waals surface area contributed by atoms with Crippen LogP contribution in [0.2, 0.25) is 5.02 Å². The first-order valence-corrected chi connectivity index (χ1v) is 14.2. The first kappa shape index (κ1) is 25.7. The molecule has 2 aromatic heterocycles. The molecular formula is C30H32ClFN6O. The summed E-state index contributed by atoms with van der Waals surface area (Å²) in [5.41, 5.74) is 2.93. The van der Waals surface area contributed by atoms with Gasteiger partial charge in [0.25, 0.3) is 5.91 Å².